The zero-order valence-corrected chi connectivity index (χ0v) is 19.9. The second-order valence-electron chi connectivity index (χ2n) is 8.52. The molecule has 4 rings (SSSR count). The fraction of sp³-hybridized carbons (Fsp3) is 0.286. The molecule has 0 atom stereocenters. The van der Waals surface area contributed by atoms with Crippen LogP contribution in [0, 0.1) is 0 Å². The Labute approximate surface area is 206 Å². The largest absolute Gasteiger partial charge is 0.338 e. The molecule has 2 aromatic heterocycles. The van der Waals surface area contributed by atoms with Gasteiger partial charge in [-0.1, -0.05) is 79.4 Å². The van der Waals surface area contributed by atoms with Crippen molar-refractivity contribution >= 4 is 11.7 Å². The lowest BCUT2D eigenvalue weighted by Gasteiger charge is -2.12. The second kappa shape index (κ2) is 13.0. The third-order valence-corrected chi connectivity index (χ3v) is 5.86. The summed E-state index contributed by atoms with van der Waals surface area (Å²) in [5.74, 6) is 0. The summed E-state index contributed by atoms with van der Waals surface area (Å²) < 4.78 is 1.90. The number of rotatable bonds is 12. The second-order valence-corrected chi connectivity index (χ2v) is 8.52. The van der Waals surface area contributed by atoms with Gasteiger partial charge in [-0.25, -0.2) is 4.79 Å². The SMILES string of the molecule is O=C(NCCCCCCCCn1cc(-c2cccnc2)nn1)Nc1ccccc1-c1ccccc1. The van der Waals surface area contributed by atoms with Crippen LogP contribution in [-0.4, -0.2) is 32.6 Å². The van der Waals surface area contributed by atoms with E-state index in [1.54, 1.807) is 12.4 Å². The summed E-state index contributed by atoms with van der Waals surface area (Å²) >= 11 is 0. The van der Waals surface area contributed by atoms with Crippen molar-refractivity contribution in [2.24, 2.45) is 0 Å². The highest BCUT2D eigenvalue weighted by Gasteiger charge is 2.07. The Morgan fingerprint density at radius 3 is 2.37 bits per heavy atom. The summed E-state index contributed by atoms with van der Waals surface area (Å²) in [7, 11) is 0. The van der Waals surface area contributed by atoms with Crippen LogP contribution in [0.25, 0.3) is 22.4 Å². The Bertz CT molecular complexity index is 1180. The van der Waals surface area contributed by atoms with Crippen LogP contribution in [0.3, 0.4) is 0 Å². The molecule has 2 amide bonds. The van der Waals surface area contributed by atoms with E-state index in [0.29, 0.717) is 6.54 Å². The number of pyridine rings is 1. The van der Waals surface area contributed by atoms with Crippen LogP contribution in [0.4, 0.5) is 10.5 Å². The topological polar surface area (TPSA) is 84.7 Å². The molecule has 2 heterocycles. The van der Waals surface area contributed by atoms with Gasteiger partial charge in [0, 0.05) is 36.6 Å². The van der Waals surface area contributed by atoms with Crippen LogP contribution in [0.2, 0.25) is 0 Å². The van der Waals surface area contributed by atoms with E-state index in [2.05, 4.69) is 25.9 Å². The first-order chi connectivity index (χ1) is 17.3. The summed E-state index contributed by atoms with van der Waals surface area (Å²) in [5, 5.41) is 14.4. The van der Waals surface area contributed by atoms with Crippen LogP contribution in [0.1, 0.15) is 38.5 Å². The standard InChI is InChI=1S/C28H32N6O/c35-28(31-26-17-9-8-16-25(26)23-13-6-5-7-14-23)30-19-10-3-1-2-4-11-20-34-22-27(32-33-34)24-15-12-18-29-21-24/h5-9,12-18,21-22H,1-4,10-11,19-20H2,(H2,30,31,35). The number of carbonyl (C=O) groups is 1. The molecule has 0 fully saturated rings. The maximum Gasteiger partial charge on any atom is 0.319 e. The first-order valence-corrected chi connectivity index (χ1v) is 12.3. The fourth-order valence-electron chi connectivity index (χ4n) is 3.99. The summed E-state index contributed by atoms with van der Waals surface area (Å²) in [6.07, 6.45) is 12.2. The maximum absolute atomic E-state index is 12.4. The van der Waals surface area contributed by atoms with E-state index in [0.717, 1.165) is 60.3 Å². The monoisotopic (exact) mass is 468 g/mol. The Hall–Kier alpha value is -4.00. The van der Waals surface area contributed by atoms with Gasteiger partial charge in [0.2, 0.25) is 0 Å². The number of urea groups is 1. The summed E-state index contributed by atoms with van der Waals surface area (Å²) in [5.41, 5.74) is 4.76. The number of benzene rings is 2. The average molecular weight is 469 g/mol. The van der Waals surface area contributed by atoms with Gasteiger partial charge in [-0.05, 0) is 36.6 Å². The van der Waals surface area contributed by atoms with E-state index in [-0.39, 0.29) is 6.03 Å². The van der Waals surface area contributed by atoms with Crippen molar-refractivity contribution in [1.82, 2.24) is 25.3 Å². The van der Waals surface area contributed by atoms with Crippen molar-refractivity contribution < 1.29 is 4.79 Å². The predicted molar refractivity (Wildman–Crippen MR) is 140 cm³/mol. The molecule has 2 aromatic carbocycles. The molecule has 0 saturated heterocycles. The minimum Gasteiger partial charge on any atom is -0.338 e. The molecule has 0 unspecified atom stereocenters. The number of amides is 2. The lowest BCUT2D eigenvalue weighted by atomic mass is 10.0. The molecule has 0 aliphatic rings. The van der Waals surface area contributed by atoms with E-state index in [4.69, 9.17) is 0 Å². The average Bonchev–Trinajstić information content (AvgIpc) is 3.38. The number of carbonyl (C=O) groups excluding carboxylic acids is 1. The Balaban J connectivity index is 1.07. The molecule has 0 spiro atoms. The van der Waals surface area contributed by atoms with Crippen LogP contribution in [-0.2, 0) is 6.54 Å². The highest BCUT2D eigenvalue weighted by molar-refractivity contribution is 5.94. The van der Waals surface area contributed by atoms with Gasteiger partial charge in [-0.15, -0.1) is 5.10 Å². The molecule has 2 N–H and O–H groups in total. The van der Waals surface area contributed by atoms with Gasteiger partial charge in [-0.2, -0.15) is 0 Å². The molecule has 0 saturated carbocycles. The number of hydrogen-bond donors (Lipinski definition) is 2. The van der Waals surface area contributed by atoms with Crippen molar-refractivity contribution in [3.05, 3.63) is 85.3 Å². The first-order valence-electron chi connectivity index (χ1n) is 12.3. The fourth-order valence-corrected chi connectivity index (χ4v) is 3.99. The normalized spacial score (nSPS) is 10.7. The van der Waals surface area contributed by atoms with E-state index in [9.17, 15) is 4.79 Å². The molecule has 35 heavy (non-hydrogen) atoms. The number of nitrogens with zero attached hydrogens (tertiary/aromatic N) is 4. The smallest absolute Gasteiger partial charge is 0.319 e. The van der Waals surface area contributed by atoms with E-state index < -0.39 is 0 Å². The van der Waals surface area contributed by atoms with Crippen LogP contribution >= 0.6 is 0 Å². The third kappa shape index (κ3) is 7.50. The predicted octanol–water partition coefficient (Wildman–Crippen LogP) is 6.17. The Morgan fingerprint density at radius 1 is 0.800 bits per heavy atom. The number of aromatic nitrogens is 4. The number of unbranched alkanes of at least 4 members (excludes halogenated alkanes) is 5. The van der Waals surface area contributed by atoms with Gasteiger partial charge in [-0.3, -0.25) is 9.67 Å². The molecular formula is C28H32N6O. The Morgan fingerprint density at radius 2 is 1.54 bits per heavy atom. The van der Waals surface area contributed by atoms with Crippen LogP contribution < -0.4 is 10.6 Å². The molecule has 0 bridgehead atoms. The number of aryl methyl sites for hydroxylation is 1. The van der Waals surface area contributed by atoms with Crippen molar-refractivity contribution in [2.75, 3.05) is 11.9 Å². The van der Waals surface area contributed by atoms with Gasteiger partial charge in [0.15, 0.2) is 0 Å². The highest BCUT2D eigenvalue weighted by Crippen LogP contribution is 2.27. The van der Waals surface area contributed by atoms with Gasteiger partial charge < -0.3 is 10.6 Å². The molecule has 0 radical (unpaired) electrons. The van der Waals surface area contributed by atoms with Crippen molar-refractivity contribution in [1.29, 1.82) is 0 Å². The summed E-state index contributed by atoms with van der Waals surface area (Å²) in [6, 6.07) is 21.7. The summed E-state index contributed by atoms with van der Waals surface area (Å²) in [4.78, 5) is 16.5. The van der Waals surface area contributed by atoms with Crippen LogP contribution in [0.15, 0.2) is 85.3 Å². The van der Waals surface area contributed by atoms with Gasteiger partial charge in [0.05, 0.1) is 11.9 Å². The maximum atomic E-state index is 12.4. The van der Waals surface area contributed by atoms with E-state index in [1.807, 2.05) is 77.6 Å². The number of para-hydroxylation sites is 1. The molecule has 180 valence electrons. The zero-order chi connectivity index (χ0) is 24.1. The van der Waals surface area contributed by atoms with E-state index >= 15 is 0 Å². The quantitative estimate of drug-likeness (QED) is 0.244. The lowest BCUT2D eigenvalue weighted by molar-refractivity contribution is 0.252. The molecule has 0 aliphatic carbocycles. The van der Waals surface area contributed by atoms with Crippen molar-refractivity contribution in [2.45, 2.75) is 45.1 Å². The first kappa shape index (κ1) is 24.1. The zero-order valence-electron chi connectivity index (χ0n) is 19.9. The van der Waals surface area contributed by atoms with Gasteiger partial charge in [0.1, 0.15) is 5.69 Å². The van der Waals surface area contributed by atoms with Gasteiger partial charge >= 0.3 is 6.03 Å². The lowest BCUT2D eigenvalue weighted by Crippen LogP contribution is -2.29. The van der Waals surface area contributed by atoms with Crippen LogP contribution in [0.5, 0.6) is 0 Å². The number of hydrogen-bond acceptors (Lipinski definition) is 4. The molecule has 7 nitrogen and oxygen atoms in total. The molecule has 4 aromatic rings. The Kier molecular flexibility index (Phi) is 8.99. The molecule has 7 heteroatoms. The number of nitrogens with one attached hydrogen (secondary N) is 2. The molecular weight excluding hydrogens is 436 g/mol. The summed E-state index contributed by atoms with van der Waals surface area (Å²) in [6.45, 7) is 1.55. The third-order valence-electron chi connectivity index (χ3n) is 5.86. The molecule has 0 aliphatic heterocycles. The van der Waals surface area contributed by atoms with Crippen molar-refractivity contribution in [3.8, 4) is 22.4 Å². The number of anilines is 1. The minimum absolute atomic E-state index is 0.160. The highest BCUT2D eigenvalue weighted by atomic mass is 16.2. The van der Waals surface area contributed by atoms with E-state index in [1.165, 1.54) is 12.8 Å². The van der Waals surface area contributed by atoms with Gasteiger partial charge in [0.25, 0.3) is 0 Å². The van der Waals surface area contributed by atoms with Crippen molar-refractivity contribution in [3.63, 3.8) is 0 Å². The minimum atomic E-state index is -0.160.